The van der Waals surface area contributed by atoms with Gasteiger partial charge < -0.3 is 19.9 Å². The first kappa shape index (κ1) is 17.6. The zero-order valence-electron chi connectivity index (χ0n) is 16.0. The smallest absolute Gasteiger partial charge is 0.183 e. The standard InChI is InChI=1S/C22H22N6O/c1-2-4-16(5-3-1)14-29-18-8-6-17(7-9-18)20-26-19-21(27-20)24-15-25-22(19)28-12-10-23-11-13-28/h1-9,15,23H,10-14H2,(H,24,25,26,27). The first-order valence-corrected chi connectivity index (χ1v) is 9.80. The molecule has 4 aromatic rings. The molecule has 2 aromatic carbocycles. The summed E-state index contributed by atoms with van der Waals surface area (Å²) in [5.41, 5.74) is 3.70. The summed E-state index contributed by atoms with van der Waals surface area (Å²) >= 11 is 0. The largest absolute Gasteiger partial charge is 0.489 e. The van der Waals surface area contributed by atoms with Gasteiger partial charge in [0.25, 0.3) is 0 Å². The fourth-order valence-corrected chi connectivity index (χ4v) is 3.52. The average molecular weight is 386 g/mol. The van der Waals surface area contributed by atoms with Gasteiger partial charge in [-0.25, -0.2) is 15.0 Å². The van der Waals surface area contributed by atoms with Crippen molar-refractivity contribution in [2.75, 3.05) is 31.1 Å². The number of hydrogen-bond donors (Lipinski definition) is 2. The van der Waals surface area contributed by atoms with E-state index in [1.165, 1.54) is 0 Å². The third-order valence-corrected chi connectivity index (χ3v) is 5.06. The van der Waals surface area contributed by atoms with Crippen LogP contribution in [0.3, 0.4) is 0 Å². The minimum absolute atomic E-state index is 0.550. The molecule has 146 valence electrons. The normalized spacial score (nSPS) is 14.3. The number of aromatic amines is 1. The van der Waals surface area contributed by atoms with Gasteiger partial charge in [-0.15, -0.1) is 0 Å². The molecule has 7 heteroatoms. The Morgan fingerprint density at radius 1 is 0.931 bits per heavy atom. The summed E-state index contributed by atoms with van der Waals surface area (Å²) in [6.45, 7) is 4.31. The van der Waals surface area contributed by atoms with E-state index in [0.29, 0.717) is 12.3 Å². The molecule has 0 amide bonds. The fraction of sp³-hybridized carbons (Fsp3) is 0.227. The number of imidazole rings is 1. The van der Waals surface area contributed by atoms with Crippen LogP contribution < -0.4 is 15.0 Å². The van der Waals surface area contributed by atoms with Crippen LogP contribution in [0.15, 0.2) is 60.9 Å². The number of hydrogen-bond acceptors (Lipinski definition) is 6. The molecule has 1 fully saturated rings. The third kappa shape index (κ3) is 3.77. The van der Waals surface area contributed by atoms with Crippen molar-refractivity contribution in [3.63, 3.8) is 0 Å². The first-order valence-electron chi connectivity index (χ1n) is 9.80. The van der Waals surface area contributed by atoms with E-state index < -0.39 is 0 Å². The lowest BCUT2D eigenvalue weighted by molar-refractivity contribution is 0.306. The lowest BCUT2D eigenvalue weighted by Crippen LogP contribution is -2.44. The molecule has 0 bridgehead atoms. The predicted molar refractivity (Wildman–Crippen MR) is 113 cm³/mol. The molecule has 1 saturated heterocycles. The van der Waals surface area contributed by atoms with Crippen LogP contribution in [0.25, 0.3) is 22.6 Å². The van der Waals surface area contributed by atoms with E-state index in [9.17, 15) is 0 Å². The molecule has 2 aromatic heterocycles. The number of nitrogens with zero attached hydrogens (tertiary/aromatic N) is 4. The molecular formula is C22H22N6O. The van der Waals surface area contributed by atoms with Crippen molar-refractivity contribution in [2.45, 2.75) is 6.61 Å². The minimum atomic E-state index is 0.550. The molecule has 3 heterocycles. The second kappa shape index (κ2) is 7.89. The number of piperazine rings is 1. The Labute approximate surface area is 168 Å². The zero-order valence-corrected chi connectivity index (χ0v) is 16.0. The summed E-state index contributed by atoms with van der Waals surface area (Å²) in [4.78, 5) is 19.2. The summed E-state index contributed by atoms with van der Waals surface area (Å²) in [5.74, 6) is 2.53. The van der Waals surface area contributed by atoms with Gasteiger partial charge in [-0.3, -0.25) is 0 Å². The van der Waals surface area contributed by atoms with Gasteiger partial charge in [0.2, 0.25) is 0 Å². The molecule has 7 nitrogen and oxygen atoms in total. The van der Waals surface area contributed by atoms with Crippen LogP contribution in [0.1, 0.15) is 5.56 Å². The van der Waals surface area contributed by atoms with Crippen LogP contribution in [0.5, 0.6) is 5.75 Å². The monoisotopic (exact) mass is 386 g/mol. The van der Waals surface area contributed by atoms with E-state index >= 15 is 0 Å². The van der Waals surface area contributed by atoms with Gasteiger partial charge in [0.05, 0.1) is 0 Å². The predicted octanol–water partition coefficient (Wildman–Crippen LogP) is 3.01. The summed E-state index contributed by atoms with van der Waals surface area (Å²) in [6.07, 6.45) is 1.59. The number of nitrogens with one attached hydrogen (secondary N) is 2. The second-order valence-corrected chi connectivity index (χ2v) is 7.02. The Balaban J connectivity index is 1.36. The van der Waals surface area contributed by atoms with Crippen molar-refractivity contribution in [3.05, 3.63) is 66.5 Å². The highest BCUT2D eigenvalue weighted by atomic mass is 16.5. The van der Waals surface area contributed by atoms with Crippen LogP contribution in [-0.2, 0) is 6.61 Å². The molecule has 0 aliphatic carbocycles. The SMILES string of the molecule is c1ccc(COc2ccc(-c3nc4ncnc(N5CCNCC5)c4[nH]3)cc2)cc1. The van der Waals surface area contributed by atoms with Crippen LogP contribution in [0, 0.1) is 0 Å². The quantitative estimate of drug-likeness (QED) is 0.549. The highest BCUT2D eigenvalue weighted by Gasteiger charge is 2.18. The van der Waals surface area contributed by atoms with Gasteiger partial charge in [-0.2, -0.15) is 0 Å². The van der Waals surface area contributed by atoms with E-state index in [-0.39, 0.29) is 0 Å². The maximum atomic E-state index is 5.87. The number of benzene rings is 2. The van der Waals surface area contributed by atoms with Gasteiger partial charge in [0.1, 0.15) is 30.0 Å². The highest BCUT2D eigenvalue weighted by Crippen LogP contribution is 2.26. The van der Waals surface area contributed by atoms with Crippen molar-refractivity contribution < 1.29 is 4.74 Å². The lowest BCUT2D eigenvalue weighted by atomic mass is 10.2. The van der Waals surface area contributed by atoms with Gasteiger partial charge in [-0.1, -0.05) is 30.3 Å². The number of aromatic nitrogens is 4. The van der Waals surface area contributed by atoms with Gasteiger partial charge in [-0.05, 0) is 29.8 Å². The number of ether oxygens (including phenoxy) is 1. The van der Waals surface area contributed by atoms with Crippen LogP contribution in [-0.4, -0.2) is 46.1 Å². The van der Waals surface area contributed by atoms with E-state index in [1.54, 1.807) is 6.33 Å². The molecule has 2 N–H and O–H groups in total. The minimum Gasteiger partial charge on any atom is -0.489 e. The summed E-state index contributed by atoms with van der Waals surface area (Å²) in [5, 5.41) is 3.37. The average Bonchev–Trinajstić information content (AvgIpc) is 3.24. The number of H-pyrrole nitrogens is 1. The maximum Gasteiger partial charge on any atom is 0.183 e. The molecule has 0 spiro atoms. The lowest BCUT2D eigenvalue weighted by Gasteiger charge is -2.28. The van der Waals surface area contributed by atoms with Gasteiger partial charge in [0.15, 0.2) is 11.5 Å². The third-order valence-electron chi connectivity index (χ3n) is 5.06. The molecule has 29 heavy (non-hydrogen) atoms. The topological polar surface area (TPSA) is 79.0 Å². The fourth-order valence-electron chi connectivity index (χ4n) is 3.52. The zero-order chi connectivity index (χ0) is 19.5. The van der Waals surface area contributed by atoms with Crippen LogP contribution >= 0.6 is 0 Å². The Kier molecular flexibility index (Phi) is 4.80. The van der Waals surface area contributed by atoms with Crippen molar-refractivity contribution in [2.24, 2.45) is 0 Å². The van der Waals surface area contributed by atoms with Crippen molar-refractivity contribution in [1.82, 2.24) is 25.3 Å². The molecule has 0 radical (unpaired) electrons. The van der Waals surface area contributed by atoms with Crippen LogP contribution in [0.4, 0.5) is 5.82 Å². The number of fused-ring (bicyclic) bond motifs is 1. The van der Waals surface area contributed by atoms with E-state index in [0.717, 1.165) is 60.2 Å². The van der Waals surface area contributed by atoms with Crippen molar-refractivity contribution in [1.29, 1.82) is 0 Å². The molecular weight excluding hydrogens is 364 g/mol. The Morgan fingerprint density at radius 2 is 1.72 bits per heavy atom. The summed E-state index contributed by atoms with van der Waals surface area (Å²) in [7, 11) is 0. The van der Waals surface area contributed by atoms with Gasteiger partial charge in [0, 0.05) is 31.7 Å². The van der Waals surface area contributed by atoms with Crippen LogP contribution in [0.2, 0.25) is 0 Å². The molecule has 0 unspecified atom stereocenters. The van der Waals surface area contributed by atoms with Crippen molar-refractivity contribution >= 4 is 17.0 Å². The Hall–Kier alpha value is -3.45. The van der Waals surface area contributed by atoms with Gasteiger partial charge >= 0.3 is 0 Å². The van der Waals surface area contributed by atoms with E-state index in [2.05, 4.69) is 42.3 Å². The molecule has 1 aliphatic heterocycles. The van der Waals surface area contributed by atoms with E-state index in [4.69, 9.17) is 4.74 Å². The highest BCUT2D eigenvalue weighted by molar-refractivity contribution is 5.86. The summed E-state index contributed by atoms with van der Waals surface area (Å²) in [6, 6.07) is 18.1. The number of anilines is 1. The molecule has 5 rings (SSSR count). The summed E-state index contributed by atoms with van der Waals surface area (Å²) < 4.78 is 5.87. The first-order chi connectivity index (χ1) is 14.4. The number of rotatable bonds is 5. The maximum absolute atomic E-state index is 5.87. The molecule has 0 atom stereocenters. The molecule has 1 aliphatic rings. The second-order valence-electron chi connectivity index (χ2n) is 7.02. The molecule has 0 saturated carbocycles. The van der Waals surface area contributed by atoms with E-state index in [1.807, 2.05) is 42.5 Å². The van der Waals surface area contributed by atoms with Crippen molar-refractivity contribution in [3.8, 4) is 17.1 Å². The Bertz CT molecular complexity index is 1090. The Morgan fingerprint density at radius 3 is 2.52 bits per heavy atom.